The first kappa shape index (κ1) is 19.0. The van der Waals surface area contributed by atoms with Crippen molar-refractivity contribution in [3.63, 3.8) is 0 Å². The molecule has 3 rings (SSSR count). The van der Waals surface area contributed by atoms with Crippen molar-refractivity contribution in [2.45, 2.75) is 13.0 Å². The van der Waals surface area contributed by atoms with Crippen LogP contribution in [0, 0.1) is 11.6 Å². The average Bonchev–Trinajstić information content (AvgIpc) is 2.70. The summed E-state index contributed by atoms with van der Waals surface area (Å²) in [5, 5.41) is 2.32. The van der Waals surface area contributed by atoms with E-state index in [9.17, 15) is 18.4 Å². The standard InChI is InChI=1S/C20H21F2N3O2/c1-14(19(26)23-18-16(21)8-5-9-17(18)22)24-10-12-25(13-11-24)20(27)15-6-3-2-4-7-15/h2-9,14H,10-13H2,1H3,(H,23,26). The molecule has 1 aliphatic heterocycles. The quantitative estimate of drug-likeness (QED) is 0.897. The number of benzene rings is 2. The predicted molar refractivity (Wildman–Crippen MR) is 98.4 cm³/mol. The summed E-state index contributed by atoms with van der Waals surface area (Å²) in [5.41, 5.74) is 0.194. The molecule has 0 saturated carbocycles. The topological polar surface area (TPSA) is 52.7 Å². The van der Waals surface area contributed by atoms with Crippen LogP contribution in [0.5, 0.6) is 0 Å². The van der Waals surface area contributed by atoms with Crippen LogP contribution in [0.25, 0.3) is 0 Å². The summed E-state index contributed by atoms with van der Waals surface area (Å²) in [4.78, 5) is 28.5. The van der Waals surface area contributed by atoms with Gasteiger partial charge < -0.3 is 10.2 Å². The van der Waals surface area contributed by atoms with Gasteiger partial charge in [0.1, 0.15) is 17.3 Å². The molecule has 1 aliphatic rings. The first-order valence-corrected chi connectivity index (χ1v) is 8.80. The van der Waals surface area contributed by atoms with Gasteiger partial charge in [0.2, 0.25) is 5.91 Å². The van der Waals surface area contributed by atoms with Gasteiger partial charge in [0, 0.05) is 31.7 Å². The highest BCUT2D eigenvalue weighted by atomic mass is 19.1. The Morgan fingerprint density at radius 1 is 0.926 bits per heavy atom. The number of amides is 2. The molecule has 0 aromatic heterocycles. The number of nitrogens with one attached hydrogen (secondary N) is 1. The van der Waals surface area contributed by atoms with E-state index in [0.717, 1.165) is 12.1 Å². The molecular formula is C20H21F2N3O2. The third-order valence-electron chi connectivity index (χ3n) is 4.76. The number of hydrogen-bond acceptors (Lipinski definition) is 3. The maximum Gasteiger partial charge on any atom is 0.253 e. The van der Waals surface area contributed by atoms with Crippen LogP contribution in [0.3, 0.4) is 0 Å². The van der Waals surface area contributed by atoms with E-state index in [2.05, 4.69) is 5.32 Å². The van der Waals surface area contributed by atoms with Gasteiger partial charge in [0.15, 0.2) is 0 Å². The number of para-hydroxylation sites is 1. The minimum absolute atomic E-state index is 0.0409. The second kappa shape index (κ2) is 8.26. The largest absolute Gasteiger partial charge is 0.336 e. The van der Waals surface area contributed by atoms with E-state index >= 15 is 0 Å². The molecule has 1 heterocycles. The van der Waals surface area contributed by atoms with Gasteiger partial charge in [0.25, 0.3) is 5.91 Å². The highest BCUT2D eigenvalue weighted by Gasteiger charge is 2.28. The summed E-state index contributed by atoms with van der Waals surface area (Å²) in [6.45, 7) is 3.67. The van der Waals surface area contributed by atoms with E-state index in [-0.39, 0.29) is 5.91 Å². The molecule has 7 heteroatoms. The first-order chi connectivity index (χ1) is 13.0. The molecule has 1 atom stereocenters. The van der Waals surface area contributed by atoms with Crippen LogP contribution in [-0.4, -0.2) is 53.8 Å². The van der Waals surface area contributed by atoms with Crippen molar-refractivity contribution in [1.29, 1.82) is 0 Å². The Morgan fingerprint density at radius 3 is 2.11 bits per heavy atom. The van der Waals surface area contributed by atoms with Gasteiger partial charge in [-0.2, -0.15) is 0 Å². The van der Waals surface area contributed by atoms with E-state index in [1.807, 2.05) is 23.1 Å². The van der Waals surface area contributed by atoms with Crippen molar-refractivity contribution in [2.24, 2.45) is 0 Å². The molecule has 0 aliphatic carbocycles. The fourth-order valence-corrected chi connectivity index (χ4v) is 3.09. The Morgan fingerprint density at radius 2 is 1.52 bits per heavy atom. The monoisotopic (exact) mass is 373 g/mol. The zero-order valence-electron chi connectivity index (χ0n) is 15.0. The lowest BCUT2D eigenvalue weighted by Gasteiger charge is -2.37. The fraction of sp³-hybridized carbons (Fsp3) is 0.300. The molecule has 142 valence electrons. The lowest BCUT2D eigenvalue weighted by Crippen LogP contribution is -2.54. The minimum atomic E-state index is -0.811. The molecule has 2 aromatic carbocycles. The molecule has 0 radical (unpaired) electrons. The highest BCUT2D eigenvalue weighted by Crippen LogP contribution is 2.19. The van der Waals surface area contributed by atoms with Crippen molar-refractivity contribution in [1.82, 2.24) is 9.80 Å². The van der Waals surface area contributed by atoms with Crippen LogP contribution < -0.4 is 5.32 Å². The third kappa shape index (κ3) is 4.31. The average molecular weight is 373 g/mol. The number of rotatable bonds is 4. The second-order valence-corrected chi connectivity index (χ2v) is 6.46. The van der Waals surface area contributed by atoms with Crippen molar-refractivity contribution < 1.29 is 18.4 Å². The predicted octanol–water partition coefficient (Wildman–Crippen LogP) is 2.75. The van der Waals surface area contributed by atoms with Crippen LogP contribution in [0.4, 0.5) is 14.5 Å². The van der Waals surface area contributed by atoms with Gasteiger partial charge in [-0.3, -0.25) is 14.5 Å². The van der Waals surface area contributed by atoms with E-state index in [1.54, 1.807) is 24.0 Å². The maximum absolute atomic E-state index is 13.7. The van der Waals surface area contributed by atoms with E-state index in [1.165, 1.54) is 6.07 Å². The third-order valence-corrected chi connectivity index (χ3v) is 4.76. The normalized spacial score (nSPS) is 16.0. The number of carbonyl (C=O) groups is 2. The summed E-state index contributed by atoms with van der Waals surface area (Å²) in [6, 6.07) is 11.9. The number of carbonyl (C=O) groups excluding carboxylic acids is 2. The zero-order chi connectivity index (χ0) is 19.4. The van der Waals surface area contributed by atoms with E-state index in [0.29, 0.717) is 31.7 Å². The Kier molecular flexibility index (Phi) is 5.81. The summed E-state index contributed by atoms with van der Waals surface area (Å²) in [7, 11) is 0. The van der Waals surface area contributed by atoms with Gasteiger partial charge in [-0.25, -0.2) is 8.78 Å². The van der Waals surface area contributed by atoms with E-state index in [4.69, 9.17) is 0 Å². The molecule has 1 unspecified atom stereocenters. The first-order valence-electron chi connectivity index (χ1n) is 8.80. The lowest BCUT2D eigenvalue weighted by molar-refractivity contribution is -0.121. The zero-order valence-corrected chi connectivity index (χ0v) is 15.0. The molecule has 1 fully saturated rings. The maximum atomic E-state index is 13.7. The van der Waals surface area contributed by atoms with Crippen LogP contribution >= 0.6 is 0 Å². The van der Waals surface area contributed by atoms with Gasteiger partial charge in [0.05, 0.1) is 6.04 Å². The molecule has 5 nitrogen and oxygen atoms in total. The number of halogens is 2. The lowest BCUT2D eigenvalue weighted by atomic mass is 10.1. The van der Waals surface area contributed by atoms with Gasteiger partial charge in [-0.15, -0.1) is 0 Å². The van der Waals surface area contributed by atoms with Gasteiger partial charge in [-0.1, -0.05) is 24.3 Å². The summed E-state index contributed by atoms with van der Waals surface area (Å²) >= 11 is 0. The number of piperazine rings is 1. The minimum Gasteiger partial charge on any atom is -0.336 e. The molecule has 0 spiro atoms. The van der Waals surface area contributed by atoms with E-state index < -0.39 is 29.3 Å². The summed E-state index contributed by atoms with van der Waals surface area (Å²) in [5.74, 6) is -2.15. The molecule has 27 heavy (non-hydrogen) atoms. The summed E-state index contributed by atoms with van der Waals surface area (Å²) < 4.78 is 27.4. The van der Waals surface area contributed by atoms with Crippen molar-refractivity contribution in [2.75, 3.05) is 31.5 Å². The Balaban J connectivity index is 1.57. The molecule has 0 bridgehead atoms. The van der Waals surface area contributed by atoms with Crippen LogP contribution in [0.1, 0.15) is 17.3 Å². The fourth-order valence-electron chi connectivity index (χ4n) is 3.09. The van der Waals surface area contributed by atoms with Gasteiger partial charge >= 0.3 is 0 Å². The molecular weight excluding hydrogens is 352 g/mol. The second-order valence-electron chi connectivity index (χ2n) is 6.46. The molecule has 1 N–H and O–H groups in total. The van der Waals surface area contributed by atoms with Crippen molar-refractivity contribution in [3.05, 3.63) is 65.7 Å². The van der Waals surface area contributed by atoms with Crippen LogP contribution in [0.15, 0.2) is 48.5 Å². The smallest absolute Gasteiger partial charge is 0.253 e. The van der Waals surface area contributed by atoms with Crippen molar-refractivity contribution in [3.8, 4) is 0 Å². The number of nitrogens with zero attached hydrogens (tertiary/aromatic N) is 2. The number of anilines is 1. The van der Waals surface area contributed by atoms with Crippen molar-refractivity contribution >= 4 is 17.5 Å². The molecule has 2 aromatic rings. The Bertz CT molecular complexity index is 801. The SMILES string of the molecule is CC(C(=O)Nc1c(F)cccc1F)N1CCN(C(=O)c2ccccc2)CC1. The Hall–Kier alpha value is -2.80. The highest BCUT2D eigenvalue weighted by molar-refractivity contribution is 5.95. The molecule has 2 amide bonds. The van der Waals surface area contributed by atoms with Gasteiger partial charge in [-0.05, 0) is 31.2 Å². The van der Waals surface area contributed by atoms with Crippen LogP contribution in [-0.2, 0) is 4.79 Å². The molecule has 1 saturated heterocycles. The Labute approximate surface area is 156 Å². The summed E-state index contributed by atoms with van der Waals surface area (Å²) in [6.07, 6.45) is 0. The number of hydrogen-bond donors (Lipinski definition) is 1. The van der Waals surface area contributed by atoms with Crippen LogP contribution in [0.2, 0.25) is 0 Å².